The third-order valence-electron chi connectivity index (χ3n) is 2.99. The van der Waals surface area contributed by atoms with Crippen molar-refractivity contribution in [1.29, 1.82) is 0 Å². The Kier molecular flexibility index (Phi) is 5.03. The molecular formula is C14H10ClF3N4O2. The van der Waals surface area contributed by atoms with Gasteiger partial charge in [0, 0.05) is 18.3 Å². The second kappa shape index (κ2) is 6.83. The number of aromatic nitrogens is 1. The fourth-order valence-electron chi connectivity index (χ4n) is 1.70. The monoisotopic (exact) mass is 358 g/mol. The average Bonchev–Trinajstić information content (AvgIpc) is 2.52. The molecular weight excluding hydrogens is 349 g/mol. The van der Waals surface area contributed by atoms with Crippen molar-refractivity contribution in [3.63, 3.8) is 0 Å². The maximum atomic E-state index is 12.5. The number of non-ortho nitro benzene ring substituents is 1. The van der Waals surface area contributed by atoms with Gasteiger partial charge in [-0.2, -0.15) is 18.3 Å². The minimum Gasteiger partial charge on any atom is -0.260 e. The van der Waals surface area contributed by atoms with Gasteiger partial charge in [-0.25, -0.2) is 4.98 Å². The Labute approximate surface area is 139 Å². The Morgan fingerprint density at radius 1 is 1.33 bits per heavy atom. The van der Waals surface area contributed by atoms with Crippen molar-refractivity contribution >= 4 is 28.8 Å². The molecule has 0 radical (unpaired) electrons. The lowest BCUT2D eigenvalue weighted by Gasteiger charge is -2.09. The molecule has 0 bridgehead atoms. The van der Waals surface area contributed by atoms with E-state index in [4.69, 9.17) is 11.6 Å². The Balaban J connectivity index is 2.16. The number of anilines is 1. The molecule has 0 saturated heterocycles. The molecule has 0 saturated carbocycles. The lowest BCUT2D eigenvalue weighted by atomic mass is 10.1. The maximum absolute atomic E-state index is 12.5. The number of benzene rings is 1. The number of pyridine rings is 1. The highest BCUT2D eigenvalue weighted by molar-refractivity contribution is 6.33. The summed E-state index contributed by atoms with van der Waals surface area (Å²) in [6, 6.07) is 6.38. The molecule has 0 fully saturated rings. The van der Waals surface area contributed by atoms with Crippen molar-refractivity contribution in [2.45, 2.75) is 13.1 Å². The molecule has 0 atom stereocenters. The van der Waals surface area contributed by atoms with E-state index in [9.17, 15) is 23.3 Å². The molecule has 2 rings (SSSR count). The van der Waals surface area contributed by atoms with E-state index in [-0.39, 0.29) is 16.5 Å². The zero-order valence-electron chi connectivity index (χ0n) is 12.1. The van der Waals surface area contributed by atoms with Crippen LogP contribution in [0.1, 0.15) is 18.1 Å². The first-order chi connectivity index (χ1) is 11.2. The summed E-state index contributed by atoms with van der Waals surface area (Å²) in [5.41, 5.74) is 2.48. The Bertz CT molecular complexity index is 792. The molecule has 126 valence electrons. The van der Waals surface area contributed by atoms with Gasteiger partial charge in [0.05, 0.1) is 21.2 Å². The van der Waals surface area contributed by atoms with Crippen molar-refractivity contribution in [1.82, 2.24) is 4.98 Å². The van der Waals surface area contributed by atoms with E-state index < -0.39 is 16.7 Å². The predicted molar refractivity (Wildman–Crippen MR) is 83.2 cm³/mol. The van der Waals surface area contributed by atoms with E-state index in [1.54, 1.807) is 6.92 Å². The van der Waals surface area contributed by atoms with Crippen LogP contribution in [0.2, 0.25) is 5.02 Å². The third kappa shape index (κ3) is 4.19. The van der Waals surface area contributed by atoms with E-state index in [2.05, 4.69) is 15.5 Å². The van der Waals surface area contributed by atoms with Gasteiger partial charge in [0.15, 0.2) is 5.82 Å². The van der Waals surface area contributed by atoms with Crippen LogP contribution in [0.3, 0.4) is 0 Å². The van der Waals surface area contributed by atoms with E-state index >= 15 is 0 Å². The van der Waals surface area contributed by atoms with Crippen LogP contribution in [-0.4, -0.2) is 15.6 Å². The van der Waals surface area contributed by atoms with Gasteiger partial charge in [-0.1, -0.05) is 11.6 Å². The molecule has 1 aromatic carbocycles. The summed E-state index contributed by atoms with van der Waals surface area (Å²) >= 11 is 5.75. The zero-order chi connectivity index (χ0) is 17.9. The summed E-state index contributed by atoms with van der Waals surface area (Å²) in [7, 11) is 0. The van der Waals surface area contributed by atoms with Crippen molar-refractivity contribution in [3.05, 3.63) is 62.8 Å². The van der Waals surface area contributed by atoms with E-state index in [1.807, 2.05) is 0 Å². The van der Waals surface area contributed by atoms with Crippen LogP contribution in [0.5, 0.6) is 0 Å². The van der Waals surface area contributed by atoms with Crippen molar-refractivity contribution in [2.75, 3.05) is 5.43 Å². The molecule has 6 nitrogen and oxygen atoms in total. The molecule has 0 unspecified atom stereocenters. The van der Waals surface area contributed by atoms with Gasteiger partial charge in [-0.05, 0) is 30.7 Å². The van der Waals surface area contributed by atoms with Crippen LogP contribution in [-0.2, 0) is 6.18 Å². The first kappa shape index (κ1) is 17.7. The average molecular weight is 359 g/mol. The van der Waals surface area contributed by atoms with Gasteiger partial charge in [0.1, 0.15) is 0 Å². The third-order valence-corrected chi connectivity index (χ3v) is 3.28. The van der Waals surface area contributed by atoms with E-state index in [0.29, 0.717) is 17.5 Å². The van der Waals surface area contributed by atoms with Crippen LogP contribution in [0, 0.1) is 10.1 Å². The second-order valence-electron chi connectivity index (χ2n) is 4.67. The van der Waals surface area contributed by atoms with Gasteiger partial charge < -0.3 is 0 Å². The standard InChI is InChI=1S/C14H10ClF3N4O2/c1-8(9-2-4-11(5-3-9)22(23)24)20-21-13-12(15)6-10(7-19-13)14(16,17)18/h2-7H,1H3,(H,19,21)/b20-8+. The number of nitrogens with one attached hydrogen (secondary N) is 1. The summed E-state index contributed by atoms with van der Waals surface area (Å²) in [5, 5.41) is 14.3. The fourth-order valence-corrected chi connectivity index (χ4v) is 1.91. The summed E-state index contributed by atoms with van der Waals surface area (Å²) in [4.78, 5) is 13.6. The summed E-state index contributed by atoms with van der Waals surface area (Å²) < 4.78 is 37.6. The van der Waals surface area contributed by atoms with Crippen LogP contribution in [0.15, 0.2) is 41.6 Å². The Morgan fingerprint density at radius 3 is 2.46 bits per heavy atom. The fraction of sp³-hybridized carbons (Fsp3) is 0.143. The molecule has 0 aliphatic carbocycles. The normalized spacial score (nSPS) is 12.1. The first-order valence-electron chi connectivity index (χ1n) is 6.46. The minimum absolute atomic E-state index is 0.0362. The molecule has 0 aliphatic heterocycles. The van der Waals surface area contributed by atoms with Crippen LogP contribution in [0.25, 0.3) is 0 Å². The molecule has 10 heteroatoms. The highest BCUT2D eigenvalue weighted by Crippen LogP contribution is 2.32. The number of hydrogen-bond acceptors (Lipinski definition) is 5. The van der Waals surface area contributed by atoms with Gasteiger partial charge in [0.2, 0.25) is 0 Å². The van der Waals surface area contributed by atoms with Crippen molar-refractivity contribution < 1.29 is 18.1 Å². The summed E-state index contributed by atoms with van der Waals surface area (Å²) in [6.07, 6.45) is -3.89. The number of nitro benzene ring substituents is 1. The highest BCUT2D eigenvalue weighted by Gasteiger charge is 2.31. The SMILES string of the molecule is C/C(=N\Nc1ncc(C(F)(F)F)cc1Cl)c1ccc([N+](=O)[O-])cc1. The topological polar surface area (TPSA) is 80.4 Å². The van der Waals surface area contributed by atoms with Crippen molar-refractivity contribution in [3.8, 4) is 0 Å². The first-order valence-corrected chi connectivity index (χ1v) is 6.84. The Morgan fingerprint density at radius 2 is 1.96 bits per heavy atom. The lowest BCUT2D eigenvalue weighted by molar-refractivity contribution is -0.384. The number of hydrazone groups is 1. The van der Waals surface area contributed by atoms with Gasteiger partial charge in [-0.3, -0.25) is 15.5 Å². The molecule has 0 spiro atoms. The Hall–Kier alpha value is -2.68. The van der Waals surface area contributed by atoms with E-state index in [0.717, 1.165) is 6.07 Å². The highest BCUT2D eigenvalue weighted by atomic mass is 35.5. The zero-order valence-corrected chi connectivity index (χ0v) is 12.9. The molecule has 1 aromatic heterocycles. The van der Waals surface area contributed by atoms with Gasteiger partial charge >= 0.3 is 6.18 Å². The largest absolute Gasteiger partial charge is 0.417 e. The molecule has 2 aromatic rings. The second-order valence-corrected chi connectivity index (χ2v) is 5.07. The van der Waals surface area contributed by atoms with E-state index in [1.165, 1.54) is 24.3 Å². The molecule has 0 aliphatic rings. The predicted octanol–water partition coefficient (Wildman–Crippen LogP) is 4.50. The summed E-state index contributed by atoms with van der Waals surface area (Å²) in [6.45, 7) is 1.62. The molecule has 1 heterocycles. The number of nitro groups is 1. The van der Waals surface area contributed by atoms with Crippen LogP contribution >= 0.6 is 11.6 Å². The molecule has 0 amide bonds. The number of hydrogen-bond donors (Lipinski definition) is 1. The molecule has 1 N–H and O–H groups in total. The lowest BCUT2D eigenvalue weighted by Crippen LogP contribution is -2.07. The van der Waals surface area contributed by atoms with Crippen LogP contribution in [0.4, 0.5) is 24.7 Å². The van der Waals surface area contributed by atoms with Gasteiger partial charge in [-0.15, -0.1) is 0 Å². The molecule has 24 heavy (non-hydrogen) atoms. The number of alkyl halides is 3. The summed E-state index contributed by atoms with van der Waals surface area (Å²) in [5.74, 6) is -0.0362. The minimum atomic E-state index is -4.53. The number of nitrogens with zero attached hydrogens (tertiary/aromatic N) is 3. The van der Waals surface area contributed by atoms with Crippen LogP contribution < -0.4 is 5.43 Å². The maximum Gasteiger partial charge on any atom is 0.417 e. The van der Waals surface area contributed by atoms with Crippen molar-refractivity contribution in [2.24, 2.45) is 5.10 Å². The quantitative estimate of drug-likeness (QED) is 0.495. The number of rotatable bonds is 4. The number of halogens is 4. The smallest absolute Gasteiger partial charge is 0.260 e. The van der Waals surface area contributed by atoms with Gasteiger partial charge in [0.25, 0.3) is 5.69 Å².